The summed E-state index contributed by atoms with van der Waals surface area (Å²) in [4.78, 5) is 4.49. The number of benzene rings is 1. The van der Waals surface area contributed by atoms with Gasteiger partial charge in [0.05, 0.1) is 5.71 Å². The highest BCUT2D eigenvalue weighted by Crippen LogP contribution is 2.31. The Kier molecular flexibility index (Phi) is 4.82. The van der Waals surface area contributed by atoms with Crippen LogP contribution in [0.1, 0.15) is 45.4 Å². The summed E-state index contributed by atoms with van der Waals surface area (Å²) in [5, 5.41) is 10.7. The maximum atomic E-state index is 8.65. The van der Waals surface area contributed by atoms with Crippen molar-refractivity contribution in [3.63, 3.8) is 0 Å². The first kappa shape index (κ1) is 18.1. The molecular weight excluding hydrogens is 320 g/mol. The monoisotopic (exact) mass is 346 g/mol. The zero-order chi connectivity index (χ0) is 18.9. The molecule has 0 aliphatic carbocycles. The highest BCUT2D eigenvalue weighted by Gasteiger charge is 2.16. The zero-order valence-electron chi connectivity index (χ0n) is 16.2. The van der Waals surface area contributed by atoms with E-state index in [1.807, 2.05) is 56.3 Å². The number of nitrogens with one attached hydrogen (secondary N) is 1. The van der Waals surface area contributed by atoms with Gasteiger partial charge in [-0.1, -0.05) is 45.1 Å². The fourth-order valence-electron chi connectivity index (χ4n) is 3.23. The van der Waals surface area contributed by atoms with Crippen LogP contribution in [0.3, 0.4) is 0 Å². The van der Waals surface area contributed by atoms with E-state index in [0.717, 1.165) is 39.6 Å². The lowest BCUT2D eigenvalue weighted by atomic mass is 9.87. The summed E-state index contributed by atoms with van der Waals surface area (Å²) in [6, 6.07) is 9.98. The number of furan rings is 1. The van der Waals surface area contributed by atoms with Gasteiger partial charge in [0.1, 0.15) is 5.58 Å². The lowest BCUT2D eigenvalue weighted by Gasteiger charge is -2.19. The van der Waals surface area contributed by atoms with Crippen LogP contribution >= 0.6 is 0 Å². The first-order valence-electron chi connectivity index (χ1n) is 8.99. The van der Waals surface area contributed by atoms with Crippen molar-refractivity contribution in [1.82, 2.24) is 4.98 Å². The zero-order valence-corrected chi connectivity index (χ0v) is 16.2. The van der Waals surface area contributed by atoms with E-state index in [-0.39, 0.29) is 5.41 Å². The lowest BCUT2D eigenvalue weighted by molar-refractivity contribution is 0.413. The van der Waals surface area contributed by atoms with Gasteiger partial charge >= 0.3 is 0 Å². The summed E-state index contributed by atoms with van der Waals surface area (Å²) in [7, 11) is 0. The second kappa shape index (κ2) is 6.91. The molecule has 0 aliphatic heterocycles. The number of aryl methyl sites for hydroxylation is 1. The topological polar surface area (TPSA) is 49.9 Å². The number of allylic oxidation sites excluding steroid dienone is 4. The maximum Gasteiger partial charge on any atom is 0.227 e. The summed E-state index contributed by atoms with van der Waals surface area (Å²) >= 11 is 0. The van der Waals surface area contributed by atoms with E-state index in [2.05, 4.69) is 31.8 Å². The third kappa shape index (κ3) is 3.77. The third-order valence-corrected chi connectivity index (χ3v) is 4.24. The molecule has 1 N–H and O–H groups in total. The van der Waals surface area contributed by atoms with Crippen molar-refractivity contribution in [2.45, 2.75) is 41.0 Å². The van der Waals surface area contributed by atoms with Gasteiger partial charge in [-0.25, -0.2) is 4.98 Å². The number of para-hydroxylation sites is 1. The van der Waals surface area contributed by atoms with E-state index < -0.39 is 0 Å². The van der Waals surface area contributed by atoms with Crippen LogP contribution in [-0.2, 0) is 0 Å². The minimum atomic E-state index is 0.165. The molecule has 1 aromatic carbocycles. The van der Waals surface area contributed by atoms with Crippen molar-refractivity contribution in [3.8, 4) is 0 Å². The number of fused-ring (bicyclic) bond motifs is 3. The van der Waals surface area contributed by atoms with E-state index in [4.69, 9.17) is 9.83 Å². The molecule has 0 fully saturated rings. The molecule has 3 heteroatoms. The van der Waals surface area contributed by atoms with Crippen LogP contribution in [0.2, 0.25) is 0 Å². The molecule has 0 atom stereocenters. The largest absolute Gasteiger partial charge is 0.437 e. The predicted molar refractivity (Wildman–Crippen MR) is 110 cm³/mol. The highest BCUT2D eigenvalue weighted by molar-refractivity contribution is 6.17. The molecule has 26 heavy (non-hydrogen) atoms. The average molecular weight is 346 g/mol. The summed E-state index contributed by atoms with van der Waals surface area (Å²) in [6.45, 7) is 10.6. The van der Waals surface area contributed by atoms with Gasteiger partial charge in [-0.3, -0.25) is 0 Å². The maximum absolute atomic E-state index is 8.65. The van der Waals surface area contributed by atoms with Crippen molar-refractivity contribution in [2.24, 2.45) is 5.41 Å². The van der Waals surface area contributed by atoms with E-state index in [0.29, 0.717) is 11.4 Å². The Morgan fingerprint density at radius 1 is 1.15 bits per heavy atom. The minimum Gasteiger partial charge on any atom is -0.437 e. The molecule has 0 bridgehead atoms. The summed E-state index contributed by atoms with van der Waals surface area (Å²) in [5.41, 5.74) is 4.86. The molecule has 3 nitrogen and oxygen atoms in total. The van der Waals surface area contributed by atoms with Crippen molar-refractivity contribution in [1.29, 1.82) is 5.41 Å². The molecule has 0 spiro atoms. The molecule has 3 rings (SSSR count). The van der Waals surface area contributed by atoms with E-state index in [1.54, 1.807) is 0 Å². The Hall–Kier alpha value is -2.68. The molecule has 0 aliphatic rings. The molecule has 3 aromatic rings. The van der Waals surface area contributed by atoms with Gasteiger partial charge in [-0.05, 0) is 55.5 Å². The normalized spacial score (nSPS) is 13.2. The standard InChI is InChI=1S/C23H26N2O/c1-6-8-16(14-23(3,4)5)13-20(24)19-10-7-9-17-18-12-11-15(2)25-22(18)26-21(17)19/h6-13,24H,14H2,1-5H3/b8-6-,16-13+,24-20?. The van der Waals surface area contributed by atoms with Gasteiger partial charge in [-0.2, -0.15) is 0 Å². The third-order valence-electron chi connectivity index (χ3n) is 4.24. The lowest BCUT2D eigenvalue weighted by Crippen LogP contribution is -2.07. The van der Waals surface area contributed by atoms with Crippen LogP contribution in [0.25, 0.3) is 22.1 Å². The van der Waals surface area contributed by atoms with E-state index >= 15 is 0 Å². The summed E-state index contributed by atoms with van der Waals surface area (Å²) in [6.07, 6.45) is 6.98. The van der Waals surface area contributed by atoms with Gasteiger partial charge in [-0.15, -0.1) is 0 Å². The van der Waals surface area contributed by atoms with Crippen molar-refractivity contribution >= 4 is 27.8 Å². The van der Waals surface area contributed by atoms with Crippen molar-refractivity contribution in [2.75, 3.05) is 0 Å². The molecule has 0 radical (unpaired) electrons. The van der Waals surface area contributed by atoms with Crippen LogP contribution in [0, 0.1) is 17.7 Å². The second-order valence-electron chi connectivity index (χ2n) is 7.96. The number of pyridine rings is 1. The number of hydrogen-bond donors (Lipinski definition) is 1. The van der Waals surface area contributed by atoms with E-state index in [1.165, 1.54) is 0 Å². The summed E-state index contributed by atoms with van der Waals surface area (Å²) in [5.74, 6) is 0. The van der Waals surface area contributed by atoms with Crippen LogP contribution in [0.4, 0.5) is 0 Å². The Morgan fingerprint density at radius 2 is 1.92 bits per heavy atom. The second-order valence-corrected chi connectivity index (χ2v) is 7.96. The Labute approximate surface area is 154 Å². The minimum absolute atomic E-state index is 0.165. The van der Waals surface area contributed by atoms with Crippen LogP contribution < -0.4 is 0 Å². The molecular formula is C23H26N2O. The van der Waals surface area contributed by atoms with Gasteiger partial charge in [0.2, 0.25) is 5.71 Å². The average Bonchev–Trinajstić information content (AvgIpc) is 2.90. The molecule has 0 saturated carbocycles. The Bertz CT molecular complexity index is 1030. The van der Waals surface area contributed by atoms with Crippen LogP contribution in [0.5, 0.6) is 0 Å². The van der Waals surface area contributed by atoms with Gasteiger partial charge in [0.25, 0.3) is 0 Å². The molecule has 0 amide bonds. The number of rotatable bonds is 4. The quantitative estimate of drug-likeness (QED) is 0.427. The fraction of sp³-hybridized carbons (Fsp3) is 0.304. The van der Waals surface area contributed by atoms with Crippen LogP contribution in [-0.4, -0.2) is 10.7 Å². The van der Waals surface area contributed by atoms with Crippen molar-refractivity contribution in [3.05, 3.63) is 65.4 Å². The first-order valence-corrected chi connectivity index (χ1v) is 8.99. The summed E-state index contributed by atoms with van der Waals surface area (Å²) < 4.78 is 6.03. The highest BCUT2D eigenvalue weighted by atomic mass is 16.3. The molecule has 2 aromatic heterocycles. The van der Waals surface area contributed by atoms with Gasteiger partial charge in [0.15, 0.2) is 0 Å². The number of hydrogen-bond acceptors (Lipinski definition) is 3. The predicted octanol–water partition coefficient (Wildman–Crippen LogP) is 6.60. The van der Waals surface area contributed by atoms with Crippen molar-refractivity contribution < 1.29 is 4.42 Å². The number of aromatic nitrogens is 1. The fourth-order valence-corrected chi connectivity index (χ4v) is 3.23. The van der Waals surface area contributed by atoms with Crippen LogP contribution in [0.15, 0.2) is 58.6 Å². The molecule has 2 heterocycles. The van der Waals surface area contributed by atoms with E-state index in [9.17, 15) is 0 Å². The molecule has 0 unspecified atom stereocenters. The smallest absolute Gasteiger partial charge is 0.227 e. The SMILES string of the molecule is C/C=C\C(=C/C(=N)c1cccc2c1oc1nc(C)ccc12)CC(C)(C)C. The molecule has 134 valence electrons. The molecule has 0 saturated heterocycles. The number of nitrogens with zero attached hydrogens (tertiary/aromatic N) is 1. The Morgan fingerprint density at radius 3 is 2.62 bits per heavy atom. The van der Waals surface area contributed by atoms with Gasteiger partial charge < -0.3 is 9.83 Å². The van der Waals surface area contributed by atoms with Gasteiger partial charge in [0, 0.05) is 22.0 Å². The first-order chi connectivity index (χ1) is 12.3. The Balaban J connectivity index is 2.10.